The standard InChI is InChI=1S/C29H29ClN4O3/c1-18-5-4-6-21(11-18)15-36-26-10-8-22(14-24(26)30)34-28-23-12-20(7-9-25(23)32-17-33-28)13-27-31-16-29(3,37-27)19(2)35/h4-12,14,17,19,35H,13,15-16H2,1-3H3,(H,32,33,34)/t19-,29+/m1/s1. The van der Waals surface area contributed by atoms with Crippen LogP contribution in [0, 0.1) is 6.92 Å². The second kappa shape index (κ2) is 10.4. The summed E-state index contributed by atoms with van der Waals surface area (Å²) in [5, 5.41) is 14.7. The number of benzene rings is 3. The summed E-state index contributed by atoms with van der Waals surface area (Å²) in [7, 11) is 0. The Morgan fingerprint density at radius 1 is 1.11 bits per heavy atom. The Morgan fingerprint density at radius 3 is 2.73 bits per heavy atom. The predicted octanol–water partition coefficient (Wildman–Crippen LogP) is 6.02. The first kappa shape index (κ1) is 25.0. The van der Waals surface area contributed by atoms with Crippen molar-refractivity contribution in [3.63, 3.8) is 0 Å². The lowest BCUT2D eigenvalue weighted by Crippen LogP contribution is -2.41. The molecule has 190 valence electrons. The van der Waals surface area contributed by atoms with Gasteiger partial charge in [-0.2, -0.15) is 0 Å². The number of aliphatic imine (C=N–C) groups is 1. The zero-order chi connectivity index (χ0) is 26.0. The highest BCUT2D eigenvalue weighted by molar-refractivity contribution is 6.32. The number of aryl methyl sites for hydroxylation is 1. The molecule has 1 aliphatic rings. The summed E-state index contributed by atoms with van der Waals surface area (Å²) in [5.41, 5.74) is 4.21. The average molecular weight is 517 g/mol. The van der Waals surface area contributed by atoms with E-state index < -0.39 is 11.7 Å². The van der Waals surface area contributed by atoms with Crippen molar-refractivity contribution in [1.82, 2.24) is 9.97 Å². The summed E-state index contributed by atoms with van der Waals surface area (Å²) < 4.78 is 11.9. The number of hydrogen-bond acceptors (Lipinski definition) is 7. The van der Waals surface area contributed by atoms with Crippen LogP contribution in [-0.2, 0) is 17.8 Å². The maximum absolute atomic E-state index is 10.0. The number of aliphatic hydroxyl groups is 1. The molecule has 0 saturated heterocycles. The summed E-state index contributed by atoms with van der Waals surface area (Å²) in [6.45, 7) is 6.53. The molecule has 7 nitrogen and oxygen atoms in total. The molecule has 0 bridgehead atoms. The Labute approximate surface area is 221 Å². The van der Waals surface area contributed by atoms with E-state index in [4.69, 9.17) is 21.1 Å². The van der Waals surface area contributed by atoms with Crippen LogP contribution in [0.3, 0.4) is 0 Å². The van der Waals surface area contributed by atoms with Crippen molar-refractivity contribution < 1.29 is 14.6 Å². The molecule has 2 heterocycles. The molecule has 0 aliphatic carbocycles. The normalized spacial score (nSPS) is 17.8. The topological polar surface area (TPSA) is 88.9 Å². The molecule has 5 rings (SSSR count). The number of aliphatic hydroxyl groups excluding tert-OH is 1. The fourth-order valence-corrected chi connectivity index (χ4v) is 4.41. The number of ether oxygens (including phenoxy) is 2. The molecule has 0 spiro atoms. The van der Waals surface area contributed by atoms with Crippen molar-refractivity contribution in [2.75, 3.05) is 11.9 Å². The van der Waals surface area contributed by atoms with Gasteiger partial charge in [-0.3, -0.25) is 4.99 Å². The van der Waals surface area contributed by atoms with Crippen molar-refractivity contribution in [2.24, 2.45) is 4.99 Å². The Bertz CT molecular complexity index is 1470. The van der Waals surface area contributed by atoms with Gasteiger partial charge in [0, 0.05) is 17.5 Å². The fourth-order valence-electron chi connectivity index (χ4n) is 4.17. The number of nitrogens with zero attached hydrogens (tertiary/aromatic N) is 3. The van der Waals surface area contributed by atoms with Gasteiger partial charge in [-0.25, -0.2) is 9.97 Å². The van der Waals surface area contributed by atoms with Crippen LogP contribution >= 0.6 is 11.6 Å². The quantitative estimate of drug-likeness (QED) is 0.297. The van der Waals surface area contributed by atoms with E-state index in [9.17, 15) is 5.11 Å². The fraction of sp³-hybridized carbons (Fsp3) is 0.276. The molecule has 1 aromatic heterocycles. The van der Waals surface area contributed by atoms with Crippen molar-refractivity contribution in [1.29, 1.82) is 0 Å². The van der Waals surface area contributed by atoms with Gasteiger partial charge in [0.05, 0.1) is 23.2 Å². The third-order valence-corrected chi connectivity index (χ3v) is 6.83. The van der Waals surface area contributed by atoms with Crippen LogP contribution in [0.4, 0.5) is 11.5 Å². The van der Waals surface area contributed by atoms with E-state index >= 15 is 0 Å². The molecule has 0 unspecified atom stereocenters. The van der Waals surface area contributed by atoms with Crippen molar-refractivity contribution in [3.8, 4) is 5.75 Å². The van der Waals surface area contributed by atoms with Crippen LogP contribution in [0.2, 0.25) is 5.02 Å². The highest BCUT2D eigenvalue weighted by Crippen LogP contribution is 2.31. The first-order chi connectivity index (χ1) is 17.8. The second-order valence-corrected chi connectivity index (χ2v) is 10.0. The van der Waals surface area contributed by atoms with Crippen molar-refractivity contribution in [3.05, 3.63) is 88.7 Å². The average Bonchev–Trinajstić information content (AvgIpc) is 3.26. The lowest BCUT2D eigenvalue weighted by molar-refractivity contribution is -0.0207. The molecule has 2 N–H and O–H groups in total. The maximum atomic E-state index is 10.0. The van der Waals surface area contributed by atoms with Gasteiger partial charge >= 0.3 is 0 Å². The molecule has 0 saturated carbocycles. The Kier molecular flexibility index (Phi) is 7.00. The number of aromatic nitrogens is 2. The van der Waals surface area contributed by atoms with E-state index in [1.54, 1.807) is 6.92 Å². The zero-order valence-electron chi connectivity index (χ0n) is 21.0. The molecule has 8 heteroatoms. The molecule has 0 fully saturated rings. The highest BCUT2D eigenvalue weighted by Gasteiger charge is 2.37. The Morgan fingerprint density at radius 2 is 1.97 bits per heavy atom. The van der Waals surface area contributed by atoms with E-state index in [1.165, 1.54) is 11.9 Å². The van der Waals surface area contributed by atoms with Gasteiger partial charge in [0.15, 0.2) is 11.5 Å². The molecular weight excluding hydrogens is 488 g/mol. The number of hydrogen-bond donors (Lipinski definition) is 2. The molecule has 37 heavy (non-hydrogen) atoms. The maximum Gasteiger partial charge on any atom is 0.188 e. The molecule has 3 aromatic carbocycles. The smallest absolute Gasteiger partial charge is 0.188 e. The summed E-state index contributed by atoms with van der Waals surface area (Å²) in [6, 6.07) is 19.8. The highest BCUT2D eigenvalue weighted by atomic mass is 35.5. The van der Waals surface area contributed by atoms with Gasteiger partial charge in [0.25, 0.3) is 0 Å². The van der Waals surface area contributed by atoms with E-state index in [2.05, 4.69) is 39.3 Å². The lowest BCUT2D eigenvalue weighted by Gasteiger charge is -2.26. The molecule has 1 aliphatic heterocycles. The van der Waals surface area contributed by atoms with E-state index in [1.807, 2.05) is 55.5 Å². The third-order valence-electron chi connectivity index (χ3n) is 6.53. The number of anilines is 2. The number of rotatable bonds is 8. The first-order valence-corrected chi connectivity index (χ1v) is 12.6. The van der Waals surface area contributed by atoms with E-state index in [0.717, 1.165) is 27.7 Å². The van der Waals surface area contributed by atoms with Gasteiger partial charge < -0.3 is 19.9 Å². The minimum Gasteiger partial charge on any atom is -0.487 e. The lowest BCUT2D eigenvalue weighted by atomic mass is 10.0. The van der Waals surface area contributed by atoms with Gasteiger partial charge in [-0.05, 0) is 62.2 Å². The number of halogens is 1. The largest absolute Gasteiger partial charge is 0.487 e. The molecule has 2 atom stereocenters. The molecule has 0 radical (unpaired) electrons. The monoisotopic (exact) mass is 516 g/mol. The Hall–Kier alpha value is -3.68. The summed E-state index contributed by atoms with van der Waals surface area (Å²) in [4.78, 5) is 13.4. The molecule has 0 amide bonds. The van der Waals surface area contributed by atoms with Gasteiger partial charge in [-0.15, -0.1) is 0 Å². The van der Waals surface area contributed by atoms with Gasteiger partial charge in [0.2, 0.25) is 0 Å². The van der Waals surface area contributed by atoms with Gasteiger partial charge in [-0.1, -0.05) is 47.5 Å². The van der Waals surface area contributed by atoms with Crippen LogP contribution in [0.25, 0.3) is 10.9 Å². The number of nitrogens with one attached hydrogen (secondary N) is 1. The van der Waals surface area contributed by atoms with Crippen LogP contribution in [0.5, 0.6) is 5.75 Å². The Balaban J connectivity index is 1.31. The van der Waals surface area contributed by atoms with Crippen LogP contribution in [0.15, 0.2) is 72.0 Å². The first-order valence-electron chi connectivity index (χ1n) is 12.2. The molecular formula is C29H29ClN4O3. The van der Waals surface area contributed by atoms with Crippen LogP contribution < -0.4 is 10.1 Å². The van der Waals surface area contributed by atoms with Crippen LogP contribution in [0.1, 0.15) is 30.5 Å². The van der Waals surface area contributed by atoms with E-state index in [0.29, 0.717) is 42.1 Å². The SMILES string of the molecule is Cc1cccc(COc2ccc(Nc3ncnc4ccc(CC5=NC[C@@](C)([C@@H](C)O)O5)cc34)cc2Cl)c1. The van der Waals surface area contributed by atoms with E-state index in [-0.39, 0.29) is 0 Å². The van der Waals surface area contributed by atoms with Crippen molar-refractivity contribution in [2.45, 2.75) is 45.5 Å². The number of fused-ring (bicyclic) bond motifs is 1. The predicted molar refractivity (Wildman–Crippen MR) is 147 cm³/mol. The minimum atomic E-state index is -0.683. The van der Waals surface area contributed by atoms with Crippen molar-refractivity contribution >= 4 is 39.9 Å². The summed E-state index contributed by atoms with van der Waals surface area (Å²) >= 11 is 6.53. The van der Waals surface area contributed by atoms with Gasteiger partial charge in [0.1, 0.15) is 24.5 Å². The summed E-state index contributed by atoms with van der Waals surface area (Å²) in [6.07, 6.45) is 1.44. The second-order valence-electron chi connectivity index (χ2n) is 9.60. The minimum absolute atomic E-state index is 0.439. The molecule has 4 aromatic rings. The van der Waals surface area contributed by atoms with Crippen LogP contribution in [-0.4, -0.2) is 39.2 Å². The third kappa shape index (κ3) is 5.68. The summed E-state index contributed by atoms with van der Waals surface area (Å²) in [5.74, 6) is 1.90. The zero-order valence-corrected chi connectivity index (χ0v) is 21.8.